The summed E-state index contributed by atoms with van der Waals surface area (Å²) in [5.41, 5.74) is 0.673. The molecule has 0 aliphatic carbocycles. The van der Waals surface area contributed by atoms with Crippen molar-refractivity contribution in [1.82, 2.24) is 4.98 Å². The zero-order valence-corrected chi connectivity index (χ0v) is 14.0. The van der Waals surface area contributed by atoms with E-state index in [-0.39, 0.29) is 17.9 Å². The van der Waals surface area contributed by atoms with Crippen molar-refractivity contribution in [2.75, 3.05) is 36.0 Å². The van der Waals surface area contributed by atoms with Gasteiger partial charge in [0.1, 0.15) is 5.82 Å². The second-order valence-electron chi connectivity index (χ2n) is 6.49. The van der Waals surface area contributed by atoms with Crippen molar-refractivity contribution >= 4 is 23.3 Å². The fraction of sp³-hybridized carbons (Fsp3) is 0.316. The number of para-hydroxylation sites is 1. The molecule has 1 aromatic carbocycles. The van der Waals surface area contributed by atoms with Gasteiger partial charge in [-0.15, -0.1) is 0 Å². The first-order valence-corrected chi connectivity index (χ1v) is 8.66. The van der Waals surface area contributed by atoms with Crippen molar-refractivity contribution in [2.45, 2.75) is 12.5 Å². The van der Waals surface area contributed by atoms with Gasteiger partial charge >= 0.3 is 0 Å². The molecule has 3 heterocycles. The highest BCUT2D eigenvalue weighted by atomic mass is 16.2. The van der Waals surface area contributed by atoms with Crippen molar-refractivity contribution in [1.29, 1.82) is 0 Å². The van der Waals surface area contributed by atoms with Crippen LogP contribution >= 0.6 is 0 Å². The number of aromatic nitrogens is 1. The lowest BCUT2D eigenvalue weighted by atomic mass is 10.1. The van der Waals surface area contributed by atoms with Gasteiger partial charge in [0.15, 0.2) is 6.04 Å². The van der Waals surface area contributed by atoms with Crippen LogP contribution in [0.1, 0.15) is 6.42 Å². The van der Waals surface area contributed by atoms with E-state index in [1.165, 1.54) is 9.80 Å². The molecule has 2 aromatic rings. The van der Waals surface area contributed by atoms with E-state index < -0.39 is 0 Å². The molecular formula is C19H21N4O2+. The van der Waals surface area contributed by atoms with Crippen LogP contribution in [0.25, 0.3) is 0 Å². The van der Waals surface area contributed by atoms with E-state index in [9.17, 15) is 9.59 Å². The van der Waals surface area contributed by atoms with E-state index in [2.05, 4.69) is 9.88 Å². The zero-order valence-electron chi connectivity index (χ0n) is 14.0. The maximum Gasteiger partial charge on any atom is 0.292 e. The fourth-order valence-corrected chi connectivity index (χ4v) is 3.71. The predicted octanol–water partition coefficient (Wildman–Crippen LogP) is 0.119. The van der Waals surface area contributed by atoms with Crippen molar-refractivity contribution in [3.8, 4) is 0 Å². The van der Waals surface area contributed by atoms with Gasteiger partial charge in [0.05, 0.1) is 38.3 Å². The SMILES string of the molecule is O=C1CC([NH+]2CCN(c3ccccn3)CC2)C(=O)N1c1ccccc1. The monoisotopic (exact) mass is 337 g/mol. The van der Waals surface area contributed by atoms with Crippen LogP contribution in [-0.2, 0) is 9.59 Å². The Balaban J connectivity index is 1.44. The van der Waals surface area contributed by atoms with Crippen LogP contribution in [0, 0.1) is 0 Å². The van der Waals surface area contributed by atoms with E-state index in [0.29, 0.717) is 12.1 Å². The van der Waals surface area contributed by atoms with Crippen molar-refractivity contribution < 1.29 is 14.5 Å². The van der Waals surface area contributed by atoms with Gasteiger partial charge in [0.25, 0.3) is 5.91 Å². The van der Waals surface area contributed by atoms with Gasteiger partial charge in [-0.3, -0.25) is 9.59 Å². The molecule has 0 radical (unpaired) electrons. The molecule has 2 aliphatic heterocycles. The third-order valence-corrected chi connectivity index (χ3v) is 5.03. The Labute approximate surface area is 146 Å². The molecule has 2 aliphatic rings. The molecule has 2 amide bonds. The highest BCUT2D eigenvalue weighted by Crippen LogP contribution is 2.21. The number of carbonyl (C=O) groups is 2. The zero-order chi connectivity index (χ0) is 17.2. The quantitative estimate of drug-likeness (QED) is 0.809. The topological polar surface area (TPSA) is 58.0 Å². The van der Waals surface area contributed by atoms with Crippen molar-refractivity contribution in [3.63, 3.8) is 0 Å². The Kier molecular flexibility index (Phi) is 4.19. The Morgan fingerprint density at radius 1 is 0.960 bits per heavy atom. The summed E-state index contributed by atoms with van der Waals surface area (Å²) in [6.45, 7) is 3.36. The maximum atomic E-state index is 12.8. The van der Waals surface area contributed by atoms with Gasteiger partial charge in [-0.1, -0.05) is 24.3 Å². The lowest BCUT2D eigenvalue weighted by Gasteiger charge is -2.34. The number of piperazine rings is 1. The number of amides is 2. The standard InChI is InChI=1S/C19H20N4O2/c24-18-14-16(19(25)23(18)15-6-2-1-3-7-15)21-10-12-22(13-11-21)17-8-4-5-9-20-17/h1-9,16H,10-14H2/p+1. The molecule has 2 saturated heterocycles. The normalized spacial score (nSPS) is 21.8. The summed E-state index contributed by atoms with van der Waals surface area (Å²) in [6, 6.07) is 14.8. The molecule has 6 heteroatoms. The summed E-state index contributed by atoms with van der Waals surface area (Å²) in [7, 11) is 0. The summed E-state index contributed by atoms with van der Waals surface area (Å²) in [5.74, 6) is 0.805. The number of pyridine rings is 1. The summed E-state index contributed by atoms with van der Waals surface area (Å²) >= 11 is 0. The molecule has 1 atom stereocenters. The van der Waals surface area contributed by atoms with Gasteiger partial charge in [0.2, 0.25) is 5.91 Å². The van der Waals surface area contributed by atoms with Crippen LogP contribution in [-0.4, -0.2) is 49.0 Å². The highest BCUT2D eigenvalue weighted by molar-refractivity contribution is 6.21. The van der Waals surface area contributed by atoms with Gasteiger partial charge < -0.3 is 9.80 Å². The van der Waals surface area contributed by atoms with E-state index in [0.717, 1.165) is 32.0 Å². The summed E-state index contributed by atoms with van der Waals surface area (Å²) in [5, 5.41) is 0. The summed E-state index contributed by atoms with van der Waals surface area (Å²) < 4.78 is 0. The average molecular weight is 337 g/mol. The molecule has 1 aromatic heterocycles. The third kappa shape index (κ3) is 3.00. The summed E-state index contributed by atoms with van der Waals surface area (Å²) in [4.78, 5) is 34.4. The number of carbonyl (C=O) groups excluding carboxylic acids is 2. The lowest BCUT2D eigenvalue weighted by Crippen LogP contribution is -3.19. The van der Waals surface area contributed by atoms with Crippen LogP contribution in [0.2, 0.25) is 0 Å². The number of hydrogen-bond donors (Lipinski definition) is 1. The molecule has 0 saturated carbocycles. The molecule has 1 unspecified atom stereocenters. The first kappa shape index (κ1) is 15.8. The van der Waals surface area contributed by atoms with Crippen LogP contribution in [0.3, 0.4) is 0 Å². The number of nitrogens with zero attached hydrogens (tertiary/aromatic N) is 3. The first-order chi connectivity index (χ1) is 12.2. The number of hydrogen-bond acceptors (Lipinski definition) is 4. The number of benzene rings is 1. The van der Waals surface area contributed by atoms with E-state index in [4.69, 9.17) is 0 Å². The molecule has 2 fully saturated rings. The number of nitrogens with one attached hydrogen (secondary N) is 1. The Bertz CT molecular complexity index is 758. The number of rotatable bonds is 3. The van der Waals surface area contributed by atoms with Crippen molar-refractivity contribution in [2.24, 2.45) is 0 Å². The fourth-order valence-electron chi connectivity index (χ4n) is 3.71. The minimum atomic E-state index is -0.265. The second kappa shape index (κ2) is 6.64. The molecule has 25 heavy (non-hydrogen) atoms. The van der Waals surface area contributed by atoms with Gasteiger partial charge in [-0.05, 0) is 24.3 Å². The van der Waals surface area contributed by atoms with Crippen LogP contribution < -0.4 is 14.7 Å². The molecule has 1 N–H and O–H groups in total. The van der Waals surface area contributed by atoms with Crippen molar-refractivity contribution in [3.05, 3.63) is 54.7 Å². The largest absolute Gasteiger partial charge is 0.345 e. The summed E-state index contributed by atoms with van der Waals surface area (Å²) in [6.07, 6.45) is 2.10. The van der Waals surface area contributed by atoms with Gasteiger partial charge in [0, 0.05) is 6.20 Å². The maximum absolute atomic E-state index is 12.8. The van der Waals surface area contributed by atoms with Crippen LogP contribution in [0.5, 0.6) is 0 Å². The lowest BCUT2D eigenvalue weighted by molar-refractivity contribution is -0.915. The smallest absolute Gasteiger partial charge is 0.292 e. The molecule has 4 rings (SSSR count). The van der Waals surface area contributed by atoms with Gasteiger partial charge in [-0.2, -0.15) is 0 Å². The predicted molar refractivity (Wildman–Crippen MR) is 94.5 cm³/mol. The molecular weight excluding hydrogens is 316 g/mol. The first-order valence-electron chi connectivity index (χ1n) is 8.66. The molecule has 0 bridgehead atoms. The average Bonchev–Trinajstić information content (AvgIpc) is 2.97. The van der Waals surface area contributed by atoms with E-state index in [1.807, 2.05) is 48.5 Å². The Morgan fingerprint density at radius 2 is 1.68 bits per heavy atom. The van der Waals surface area contributed by atoms with Gasteiger partial charge in [-0.25, -0.2) is 9.88 Å². The highest BCUT2D eigenvalue weighted by Gasteiger charge is 2.46. The number of quaternary nitrogens is 1. The van der Waals surface area contributed by atoms with E-state index >= 15 is 0 Å². The minimum absolute atomic E-state index is 0.0718. The molecule has 0 spiro atoms. The number of imide groups is 1. The number of anilines is 2. The molecule has 6 nitrogen and oxygen atoms in total. The molecule has 128 valence electrons. The van der Waals surface area contributed by atoms with E-state index in [1.54, 1.807) is 6.20 Å². The second-order valence-corrected chi connectivity index (χ2v) is 6.49. The van der Waals surface area contributed by atoms with Crippen LogP contribution in [0.4, 0.5) is 11.5 Å². The third-order valence-electron chi connectivity index (χ3n) is 5.03. The van der Waals surface area contributed by atoms with Crippen LogP contribution in [0.15, 0.2) is 54.7 Å². The Hall–Kier alpha value is -2.73. The Morgan fingerprint density at radius 3 is 2.36 bits per heavy atom. The minimum Gasteiger partial charge on any atom is -0.345 e.